The molecular weight excluding hydrogens is 424 g/mol. The van der Waals surface area contributed by atoms with Gasteiger partial charge in [0.05, 0.1) is 12.3 Å². The van der Waals surface area contributed by atoms with Gasteiger partial charge in [-0.1, -0.05) is 60.6 Å². The summed E-state index contributed by atoms with van der Waals surface area (Å²) in [6.07, 6.45) is 2.35. The first-order valence-corrected chi connectivity index (χ1v) is 12.1. The van der Waals surface area contributed by atoms with Gasteiger partial charge in [-0.25, -0.2) is 4.98 Å². The quantitative estimate of drug-likeness (QED) is 0.401. The molecule has 0 radical (unpaired) electrons. The largest absolute Gasteiger partial charge is 0.507 e. The Balaban J connectivity index is 1.71. The van der Waals surface area contributed by atoms with Crippen LogP contribution in [0.1, 0.15) is 70.9 Å². The lowest BCUT2D eigenvalue weighted by atomic mass is 9.78. The van der Waals surface area contributed by atoms with Crippen LogP contribution in [0.3, 0.4) is 0 Å². The van der Waals surface area contributed by atoms with E-state index in [0.717, 1.165) is 41.2 Å². The van der Waals surface area contributed by atoms with E-state index in [1.807, 2.05) is 24.3 Å². The number of hydrogen-bond acceptors (Lipinski definition) is 5. The monoisotopic (exact) mass is 464 g/mol. The number of benzene rings is 2. The fourth-order valence-corrected chi connectivity index (χ4v) is 3.84. The van der Waals surface area contributed by atoms with E-state index >= 15 is 0 Å². The Hall–Kier alpha value is -2.79. The maximum atomic E-state index is 11.0. The average Bonchev–Trinajstić information content (AvgIpc) is 3.22. The summed E-state index contributed by atoms with van der Waals surface area (Å²) >= 11 is 0. The van der Waals surface area contributed by atoms with E-state index in [0.29, 0.717) is 24.7 Å². The summed E-state index contributed by atoms with van der Waals surface area (Å²) in [6.45, 7) is 17.3. The predicted octanol–water partition coefficient (Wildman–Crippen LogP) is 6.72. The summed E-state index contributed by atoms with van der Waals surface area (Å²) in [4.78, 5) is 6.97. The fraction of sp³-hybridized carbons (Fsp3) is 0.483. The van der Waals surface area contributed by atoms with Gasteiger partial charge in [0.2, 0.25) is 5.89 Å². The minimum Gasteiger partial charge on any atom is -0.507 e. The van der Waals surface area contributed by atoms with Gasteiger partial charge in [0.15, 0.2) is 0 Å². The Morgan fingerprint density at radius 2 is 1.56 bits per heavy atom. The molecule has 184 valence electrons. The van der Waals surface area contributed by atoms with Gasteiger partial charge in [-0.3, -0.25) is 0 Å². The minimum atomic E-state index is -0.204. The number of nitrogens with zero attached hydrogens (tertiary/aromatic N) is 2. The second-order valence-electron chi connectivity index (χ2n) is 11.1. The molecule has 0 aliphatic carbocycles. The Morgan fingerprint density at radius 3 is 2.09 bits per heavy atom. The summed E-state index contributed by atoms with van der Waals surface area (Å²) in [7, 11) is 2.11. The average molecular weight is 465 g/mol. The van der Waals surface area contributed by atoms with Crippen LogP contribution < -0.4 is 4.74 Å². The second kappa shape index (κ2) is 10.2. The molecule has 0 fully saturated rings. The molecule has 1 heterocycles. The van der Waals surface area contributed by atoms with E-state index in [1.54, 1.807) is 6.26 Å². The van der Waals surface area contributed by atoms with Crippen LogP contribution >= 0.6 is 0 Å². The Bertz CT molecular complexity index is 1050. The van der Waals surface area contributed by atoms with E-state index in [9.17, 15) is 5.11 Å². The van der Waals surface area contributed by atoms with Crippen LogP contribution in [0.5, 0.6) is 11.5 Å². The molecule has 5 heteroatoms. The smallest absolute Gasteiger partial charge is 0.226 e. The van der Waals surface area contributed by atoms with Crippen molar-refractivity contribution >= 4 is 0 Å². The molecule has 0 aliphatic heterocycles. The van der Waals surface area contributed by atoms with E-state index in [-0.39, 0.29) is 10.8 Å². The maximum absolute atomic E-state index is 11.0. The molecule has 3 rings (SSSR count). The molecular formula is C29H40N2O3. The lowest BCUT2D eigenvalue weighted by Gasteiger charge is -2.27. The number of phenols is 1. The highest BCUT2D eigenvalue weighted by atomic mass is 16.5. The third-order valence-electron chi connectivity index (χ3n) is 6.07. The molecule has 5 nitrogen and oxygen atoms in total. The van der Waals surface area contributed by atoms with Crippen LogP contribution in [-0.4, -0.2) is 35.2 Å². The van der Waals surface area contributed by atoms with Crippen molar-refractivity contribution in [1.82, 2.24) is 9.88 Å². The van der Waals surface area contributed by atoms with Crippen LogP contribution in [0, 0.1) is 0 Å². The van der Waals surface area contributed by atoms with E-state index in [1.165, 1.54) is 5.56 Å². The molecule has 0 aliphatic rings. The van der Waals surface area contributed by atoms with Crippen molar-refractivity contribution in [3.63, 3.8) is 0 Å². The van der Waals surface area contributed by atoms with Crippen LogP contribution in [0.2, 0.25) is 0 Å². The number of phenolic OH excluding ortho intramolecular Hbond substituents is 1. The molecule has 0 atom stereocenters. The third-order valence-corrected chi connectivity index (χ3v) is 6.07. The molecule has 0 saturated heterocycles. The van der Waals surface area contributed by atoms with Crippen molar-refractivity contribution < 1.29 is 14.3 Å². The van der Waals surface area contributed by atoms with E-state index in [4.69, 9.17) is 14.1 Å². The lowest BCUT2D eigenvalue weighted by Crippen LogP contribution is -2.17. The van der Waals surface area contributed by atoms with E-state index in [2.05, 4.69) is 72.5 Å². The summed E-state index contributed by atoms with van der Waals surface area (Å²) < 4.78 is 11.8. The lowest BCUT2D eigenvalue weighted by molar-refractivity contribution is 0.319. The first-order valence-electron chi connectivity index (χ1n) is 12.1. The van der Waals surface area contributed by atoms with Crippen LogP contribution in [-0.2, 0) is 23.8 Å². The Morgan fingerprint density at radius 1 is 0.971 bits per heavy atom. The molecule has 34 heavy (non-hydrogen) atoms. The van der Waals surface area contributed by atoms with Gasteiger partial charge in [-0.2, -0.15) is 0 Å². The normalized spacial score (nSPS) is 12.4. The van der Waals surface area contributed by atoms with Crippen LogP contribution in [0.25, 0.3) is 11.5 Å². The minimum absolute atomic E-state index is 0.204. The van der Waals surface area contributed by atoms with Crippen LogP contribution in [0.4, 0.5) is 0 Å². The highest BCUT2D eigenvalue weighted by Crippen LogP contribution is 2.41. The number of aromatic hydroxyl groups is 1. The Labute approximate surface area is 204 Å². The van der Waals surface area contributed by atoms with Crippen molar-refractivity contribution in [3.8, 4) is 23.0 Å². The van der Waals surface area contributed by atoms with Gasteiger partial charge >= 0.3 is 0 Å². The SMILES string of the molecule is CCN(C)Cc1ccc(OCCc2coc(-c3cc(C(C)(C)C)c(O)c(C(C)(C)C)c3)n2)cc1. The molecule has 0 spiro atoms. The standard InChI is InChI=1S/C29H40N2O3/c1-9-31(8)18-20-10-12-23(13-11-20)33-15-14-22-19-34-27(30-22)21-16-24(28(2,3)4)26(32)25(17-21)29(5,6)7/h10-13,16-17,19,32H,9,14-15,18H2,1-8H3. The van der Waals surface area contributed by atoms with Crippen molar-refractivity contribution in [2.24, 2.45) is 0 Å². The molecule has 0 amide bonds. The van der Waals surface area contributed by atoms with Gasteiger partial charge in [0.25, 0.3) is 0 Å². The van der Waals surface area contributed by atoms with E-state index < -0.39 is 0 Å². The molecule has 3 aromatic rings. The number of ether oxygens (including phenoxy) is 1. The van der Waals surface area contributed by atoms with Gasteiger partial charge < -0.3 is 19.2 Å². The van der Waals surface area contributed by atoms with Crippen molar-refractivity contribution in [3.05, 3.63) is 65.0 Å². The zero-order valence-electron chi connectivity index (χ0n) is 22.0. The molecule has 0 unspecified atom stereocenters. The number of hydrogen-bond donors (Lipinski definition) is 1. The number of rotatable bonds is 8. The molecule has 1 aromatic heterocycles. The van der Waals surface area contributed by atoms with Crippen LogP contribution in [0.15, 0.2) is 47.1 Å². The third kappa shape index (κ3) is 6.41. The van der Waals surface area contributed by atoms with Gasteiger partial charge in [-0.05, 0) is 54.3 Å². The molecule has 0 saturated carbocycles. The number of oxazole rings is 1. The van der Waals surface area contributed by atoms with Gasteiger partial charge in [0.1, 0.15) is 17.8 Å². The van der Waals surface area contributed by atoms with Gasteiger partial charge in [-0.15, -0.1) is 0 Å². The molecule has 2 aromatic carbocycles. The zero-order valence-corrected chi connectivity index (χ0v) is 22.0. The summed E-state index contributed by atoms with van der Waals surface area (Å²) in [5, 5.41) is 11.0. The zero-order chi connectivity index (χ0) is 25.1. The molecule has 1 N–H and O–H groups in total. The topological polar surface area (TPSA) is 58.7 Å². The predicted molar refractivity (Wildman–Crippen MR) is 139 cm³/mol. The summed E-state index contributed by atoms with van der Waals surface area (Å²) in [6, 6.07) is 12.2. The number of aromatic nitrogens is 1. The highest BCUT2D eigenvalue weighted by molar-refractivity contribution is 5.63. The van der Waals surface area contributed by atoms with Gasteiger partial charge in [0, 0.05) is 29.7 Å². The summed E-state index contributed by atoms with van der Waals surface area (Å²) in [5.41, 5.74) is 4.39. The van der Waals surface area contributed by atoms with Crippen molar-refractivity contribution in [2.75, 3.05) is 20.2 Å². The fourth-order valence-electron chi connectivity index (χ4n) is 3.84. The maximum Gasteiger partial charge on any atom is 0.226 e. The van der Waals surface area contributed by atoms with Crippen molar-refractivity contribution in [1.29, 1.82) is 0 Å². The first-order chi connectivity index (χ1) is 15.9. The molecule has 0 bridgehead atoms. The van der Waals surface area contributed by atoms with Crippen molar-refractivity contribution in [2.45, 2.75) is 72.3 Å². The Kier molecular flexibility index (Phi) is 7.77. The highest BCUT2D eigenvalue weighted by Gasteiger charge is 2.27. The summed E-state index contributed by atoms with van der Waals surface area (Å²) in [5.74, 6) is 1.78. The second-order valence-corrected chi connectivity index (χ2v) is 11.1. The first kappa shape index (κ1) is 25.8.